The highest BCUT2D eigenvalue weighted by molar-refractivity contribution is 9.10. The number of carboxylic acids is 1. The summed E-state index contributed by atoms with van der Waals surface area (Å²) in [6, 6.07) is 6.54. The van der Waals surface area contributed by atoms with Crippen molar-refractivity contribution in [3.8, 4) is 5.75 Å². The van der Waals surface area contributed by atoms with E-state index in [4.69, 9.17) is 9.84 Å². The minimum Gasteiger partial charge on any atom is -0.482 e. The molecule has 0 radical (unpaired) electrons. The molecular weight excluding hydrogens is 366 g/mol. The Morgan fingerprint density at radius 3 is 2.91 bits per heavy atom. The largest absolute Gasteiger partial charge is 0.482 e. The fourth-order valence-electron chi connectivity index (χ4n) is 2.13. The van der Waals surface area contributed by atoms with E-state index >= 15 is 0 Å². The Balaban J connectivity index is 1.70. The summed E-state index contributed by atoms with van der Waals surface area (Å²) in [7, 11) is 0. The Bertz CT molecular complexity index is 755. The molecule has 1 fully saturated rings. The van der Waals surface area contributed by atoms with Gasteiger partial charge in [0.15, 0.2) is 12.3 Å². The van der Waals surface area contributed by atoms with Crippen LogP contribution in [0, 0.1) is 0 Å². The zero-order valence-corrected chi connectivity index (χ0v) is 13.6. The number of aromatic amines is 1. The summed E-state index contributed by atoms with van der Waals surface area (Å²) in [6.45, 7) is -0.437. The van der Waals surface area contributed by atoms with E-state index in [0.717, 1.165) is 18.5 Å². The first-order valence-electron chi connectivity index (χ1n) is 7.04. The van der Waals surface area contributed by atoms with Crippen LogP contribution in [0.15, 0.2) is 28.7 Å². The van der Waals surface area contributed by atoms with Gasteiger partial charge in [-0.2, -0.15) is 5.10 Å². The number of H-pyrrole nitrogens is 1. The van der Waals surface area contributed by atoms with Crippen LogP contribution in [-0.2, 0) is 4.79 Å². The zero-order valence-electron chi connectivity index (χ0n) is 12.0. The van der Waals surface area contributed by atoms with E-state index in [0.29, 0.717) is 27.5 Å². The maximum Gasteiger partial charge on any atom is 0.341 e. The molecule has 0 saturated heterocycles. The van der Waals surface area contributed by atoms with Gasteiger partial charge >= 0.3 is 5.97 Å². The van der Waals surface area contributed by atoms with Crippen LogP contribution in [0.3, 0.4) is 0 Å². The van der Waals surface area contributed by atoms with Crippen LogP contribution >= 0.6 is 15.9 Å². The van der Waals surface area contributed by atoms with Crippen molar-refractivity contribution >= 4 is 33.5 Å². The number of halogens is 1. The smallest absolute Gasteiger partial charge is 0.341 e. The quantitative estimate of drug-likeness (QED) is 0.715. The highest BCUT2D eigenvalue weighted by Crippen LogP contribution is 2.42. The third-order valence-corrected chi connectivity index (χ3v) is 4.19. The van der Waals surface area contributed by atoms with Crippen LogP contribution in [0.2, 0.25) is 0 Å². The molecule has 1 aromatic carbocycles. The molecule has 0 spiro atoms. The van der Waals surface area contributed by atoms with Crippen LogP contribution in [0.4, 0.5) is 5.69 Å². The molecule has 1 aromatic heterocycles. The summed E-state index contributed by atoms with van der Waals surface area (Å²) in [5.41, 5.74) is 1.75. The fraction of sp³-hybridized carbons (Fsp3) is 0.267. The number of carbonyl (C=O) groups excluding carboxylic acids is 1. The lowest BCUT2D eigenvalue weighted by atomic mass is 10.2. The van der Waals surface area contributed by atoms with Gasteiger partial charge in [-0.25, -0.2) is 4.79 Å². The van der Waals surface area contributed by atoms with Gasteiger partial charge < -0.3 is 15.2 Å². The number of hydrogen-bond donors (Lipinski definition) is 3. The molecule has 1 aliphatic rings. The lowest BCUT2D eigenvalue weighted by Gasteiger charge is -2.07. The summed E-state index contributed by atoms with van der Waals surface area (Å²) >= 11 is 3.42. The number of aromatic nitrogens is 2. The summed E-state index contributed by atoms with van der Waals surface area (Å²) in [5.74, 6) is -0.598. The topological polar surface area (TPSA) is 104 Å². The second kappa shape index (κ2) is 6.41. The number of amides is 1. The van der Waals surface area contributed by atoms with Gasteiger partial charge in [0.2, 0.25) is 0 Å². The normalized spacial score (nSPS) is 13.6. The average molecular weight is 380 g/mol. The molecule has 1 heterocycles. The maximum atomic E-state index is 12.3. The van der Waals surface area contributed by atoms with Crippen molar-refractivity contribution < 1.29 is 19.4 Å². The first-order chi connectivity index (χ1) is 11.0. The van der Waals surface area contributed by atoms with Gasteiger partial charge in [0.25, 0.3) is 5.91 Å². The van der Waals surface area contributed by atoms with Crippen LogP contribution in [0.25, 0.3) is 0 Å². The number of carbonyl (C=O) groups is 2. The summed E-state index contributed by atoms with van der Waals surface area (Å²) in [6.07, 6.45) is 2.20. The number of nitrogens with one attached hydrogen (secondary N) is 2. The Labute approximate surface area is 140 Å². The number of benzene rings is 1. The number of aliphatic carboxylic acids is 1. The molecule has 2 aromatic rings. The molecule has 8 heteroatoms. The van der Waals surface area contributed by atoms with Crippen molar-refractivity contribution in [2.45, 2.75) is 18.8 Å². The average Bonchev–Trinajstić information content (AvgIpc) is 3.28. The second-order valence-corrected chi connectivity index (χ2v) is 6.03. The van der Waals surface area contributed by atoms with Crippen molar-refractivity contribution in [2.75, 3.05) is 11.9 Å². The van der Waals surface area contributed by atoms with Gasteiger partial charge in [-0.3, -0.25) is 9.89 Å². The van der Waals surface area contributed by atoms with E-state index in [1.165, 1.54) is 0 Å². The molecule has 7 nitrogen and oxygen atoms in total. The highest BCUT2D eigenvalue weighted by atomic mass is 79.9. The van der Waals surface area contributed by atoms with E-state index < -0.39 is 12.6 Å². The number of rotatable bonds is 6. The van der Waals surface area contributed by atoms with Crippen LogP contribution in [0.1, 0.15) is 34.9 Å². The fourth-order valence-corrected chi connectivity index (χ4v) is 2.81. The van der Waals surface area contributed by atoms with Gasteiger partial charge in [0.1, 0.15) is 5.75 Å². The number of hydrogen-bond acceptors (Lipinski definition) is 4. The molecule has 1 aliphatic carbocycles. The maximum absolute atomic E-state index is 12.3. The standard InChI is InChI=1S/C15H14BrN3O4/c16-12-13(8-4-5-8)18-19-14(12)15(22)17-9-2-1-3-10(6-9)23-7-11(20)21/h1-3,6,8H,4-5,7H2,(H,17,22)(H,18,19)(H,20,21). The van der Waals surface area contributed by atoms with Crippen molar-refractivity contribution in [3.63, 3.8) is 0 Å². The van der Waals surface area contributed by atoms with Gasteiger partial charge in [0, 0.05) is 17.7 Å². The van der Waals surface area contributed by atoms with E-state index in [1.807, 2.05) is 0 Å². The van der Waals surface area contributed by atoms with E-state index in [2.05, 4.69) is 31.4 Å². The Kier molecular flexibility index (Phi) is 4.33. The summed E-state index contributed by atoms with van der Waals surface area (Å²) < 4.78 is 5.77. The van der Waals surface area contributed by atoms with Gasteiger partial charge in [-0.15, -0.1) is 0 Å². The number of carboxylic acid groups (broad SMARTS) is 1. The van der Waals surface area contributed by atoms with Crippen molar-refractivity contribution in [1.29, 1.82) is 0 Å². The molecule has 3 rings (SSSR count). The SMILES string of the molecule is O=C(O)COc1cccc(NC(=O)c2n[nH]c(C3CC3)c2Br)c1. The minimum atomic E-state index is -1.06. The molecular formula is C15H14BrN3O4. The molecule has 0 aliphatic heterocycles. The first kappa shape index (κ1) is 15.5. The third-order valence-electron chi connectivity index (χ3n) is 3.39. The monoisotopic (exact) mass is 379 g/mol. The minimum absolute atomic E-state index is 0.295. The number of ether oxygens (including phenoxy) is 1. The van der Waals surface area contributed by atoms with E-state index in [-0.39, 0.29) is 5.91 Å². The first-order valence-corrected chi connectivity index (χ1v) is 7.83. The number of nitrogens with zero attached hydrogens (tertiary/aromatic N) is 1. The van der Waals surface area contributed by atoms with Crippen LogP contribution < -0.4 is 10.1 Å². The molecule has 0 bridgehead atoms. The Hall–Kier alpha value is -2.35. The molecule has 120 valence electrons. The molecule has 23 heavy (non-hydrogen) atoms. The predicted molar refractivity (Wildman–Crippen MR) is 85.8 cm³/mol. The lowest BCUT2D eigenvalue weighted by molar-refractivity contribution is -0.139. The number of anilines is 1. The van der Waals surface area contributed by atoms with Crippen LogP contribution in [0.5, 0.6) is 5.75 Å². The zero-order chi connectivity index (χ0) is 16.4. The lowest BCUT2D eigenvalue weighted by Crippen LogP contribution is -2.13. The van der Waals surface area contributed by atoms with Gasteiger partial charge in [-0.1, -0.05) is 6.07 Å². The third kappa shape index (κ3) is 3.70. The van der Waals surface area contributed by atoms with Crippen molar-refractivity contribution in [2.24, 2.45) is 0 Å². The molecule has 1 saturated carbocycles. The Morgan fingerprint density at radius 2 is 2.22 bits per heavy atom. The van der Waals surface area contributed by atoms with Crippen molar-refractivity contribution in [3.05, 3.63) is 40.1 Å². The van der Waals surface area contributed by atoms with Gasteiger partial charge in [0.05, 0.1) is 10.2 Å². The van der Waals surface area contributed by atoms with E-state index in [9.17, 15) is 9.59 Å². The van der Waals surface area contributed by atoms with Gasteiger partial charge in [-0.05, 0) is 40.9 Å². The summed E-state index contributed by atoms with van der Waals surface area (Å²) in [5, 5.41) is 18.3. The van der Waals surface area contributed by atoms with Crippen molar-refractivity contribution in [1.82, 2.24) is 10.2 Å². The van der Waals surface area contributed by atoms with Crippen LogP contribution in [-0.4, -0.2) is 33.8 Å². The predicted octanol–water partition coefficient (Wildman–Crippen LogP) is 2.77. The molecule has 3 N–H and O–H groups in total. The highest BCUT2D eigenvalue weighted by Gasteiger charge is 2.30. The molecule has 1 amide bonds. The second-order valence-electron chi connectivity index (χ2n) is 5.24. The Morgan fingerprint density at radius 1 is 1.43 bits per heavy atom. The summed E-state index contributed by atoms with van der Waals surface area (Å²) in [4.78, 5) is 22.8. The molecule has 0 atom stereocenters. The molecule has 0 unspecified atom stereocenters. The van der Waals surface area contributed by atoms with E-state index in [1.54, 1.807) is 24.3 Å².